The van der Waals surface area contributed by atoms with Crippen molar-refractivity contribution in [3.05, 3.63) is 36.4 Å². The fourth-order valence-corrected chi connectivity index (χ4v) is 2.79. The van der Waals surface area contributed by atoms with Crippen molar-refractivity contribution < 1.29 is 14.3 Å². The fraction of sp³-hybridized carbons (Fsp3) is 0.235. The maximum atomic E-state index is 11.9. The first-order chi connectivity index (χ1) is 11.8. The van der Waals surface area contributed by atoms with Crippen LogP contribution in [-0.2, 0) is 4.79 Å². The molecule has 0 radical (unpaired) electrons. The molecule has 3 aromatic rings. The van der Waals surface area contributed by atoms with Gasteiger partial charge in [0.2, 0.25) is 18.6 Å². The zero-order chi connectivity index (χ0) is 16.1. The number of nitrogens with zero attached hydrogens (tertiary/aromatic N) is 3. The van der Waals surface area contributed by atoms with Crippen molar-refractivity contribution >= 4 is 17.5 Å². The molecule has 24 heavy (non-hydrogen) atoms. The van der Waals surface area contributed by atoms with Gasteiger partial charge < -0.3 is 9.47 Å². The molecule has 2 aliphatic rings. The summed E-state index contributed by atoms with van der Waals surface area (Å²) in [5.74, 6) is 1.90. The first kappa shape index (κ1) is 13.4. The molecule has 3 heterocycles. The molecule has 0 unspecified atom stereocenters. The second-order valence-corrected chi connectivity index (χ2v) is 5.95. The van der Waals surface area contributed by atoms with Gasteiger partial charge in [-0.25, -0.2) is 4.52 Å². The van der Waals surface area contributed by atoms with Gasteiger partial charge in [-0.3, -0.25) is 10.1 Å². The van der Waals surface area contributed by atoms with Gasteiger partial charge in [-0.1, -0.05) is 6.07 Å². The van der Waals surface area contributed by atoms with E-state index in [1.807, 2.05) is 36.4 Å². The summed E-state index contributed by atoms with van der Waals surface area (Å²) < 4.78 is 12.5. The Kier molecular flexibility index (Phi) is 2.76. The second-order valence-electron chi connectivity index (χ2n) is 5.95. The number of hydrogen-bond acceptors (Lipinski definition) is 5. The number of fused-ring (bicyclic) bond motifs is 2. The van der Waals surface area contributed by atoms with Crippen LogP contribution >= 0.6 is 0 Å². The largest absolute Gasteiger partial charge is 0.454 e. The third-order valence-corrected chi connectivity index (χ3v) is 4.21. The molecule has 1 amide bonds. The van der Waals surface area contributed by atoms with E-state index in [2.05, 4.69) is 15.4 Å². The number of aromatic nitrogens is 3. The highest BCUT2D eigenvalue weighted by Gasteiger charge is 2.30. The summed E-state index contributed by atoms with van der Waals surface area (Å²) in [7, 11) is 0. The van der Waals surface area contributed by atoms with Gasteiger partial charge in [0.25, 0.3) is 0 Å². The third-order valence-electron chi connectivity index (χ3n) is 4.21. The van der Waals surface area contributed by atoms with Crippen molar-refractivity contribution in [3.63, 3.8) is 0 Å². The standard InChI is InChI=1S/C17H14N4O3/c22-16(10-4-5-10)19-17-18-15-3-1-2-12(21(15)20-17)11-6-7-13-14(8-11)24-9-23-13/h1-3,6-8,10H,4-5,9H2,(H,19,20,22). The number of pyridine rings is 1. The van der Waals surface area contributed by atoms with Crippen molar-refractivity contribution in [2.24, 2.45) is 5.92 Å². The predicted molar refractivity (Wildman–Crippen MR) is 85.9 cm³/mol. The number of benzene rings is 1. The number of hydrogen-bond donors (Lipinski definition) is 1. The zero-order valence-corrected chi connectivity index (χ0v) is 12.7. The molecule has 1 N–H and O–H groups in total. The highest BCUT2D eigenvalue weighted by molar-refractivity contribution is 5.92. The van der Waals surface area contributed by atoms with Crippen LogP contribution in [0.15, 0.2) is 36.4 Å². The molecule has 1 fully saturated rings. The topological polar surface area (TPSA) is 77.8 Å². The Morgan fingerprint density at radius 3 is 2.92 bits per heavy atom. The Labute approximate surface area is 137 Å². The van der Waals surface area contributed by atoms with Crippen molar-refractivity contribution in [3.8, 4) is 22.8 Å². The van der Waals surface area contributed by atoms with Gasteiger partial charge >= 0.3 is 0 Å². The number of nitrogens with one attached hydrogen (secondary N) is 1. The minimum absolute atomic E-state index is 0.00413. The number of carbonyl (C=O) groups is 1. The summed E-state index contributed by atoms with van der Waals surface area (Å²) in [6.07, 6.45) is 1.89. The summed E-state index contributed by atoms with van der Waals surface area (Å²) in [5.41, 5.74) is 2.48. The molecule has 1 aromatic carbocycles. The van der Waals surface area contributed by atoms with E-state index in [-0.39, 0.29) is 18.6 Å². The Bertz CT molecular complexity index is 962. The van der Waals surface area contributed by atoms with E-state index >= 15 is 0 Å². The molecule has 120 valence electrons. The van der Waals surface area contributed by atoms with Gasteiger partial charge in [-0.15, -0.1) is 5.10 Å². The average Bonchev–Trinajstić information content (AvgIpc) is 3.20. The normalized spacial score (nSPS) is 15.7. The van der Waals surface area contributed by atoms with Gasteiger partial charge in [-0.05, 0) is 43.2 Å². The van der Waals surface area contributed by atoms with Crippen LogP contribution < -0.4 is 14.8 Å². The molecule has 0 spiro atoms. The molecule has 5 rings (SSSR count). The van der Waals surface area contributed by atoms with E-state index < -0.39 is 0 Å². The van der Waals surface area contributed by atoms with Crippen LogP contribution in [-0.4, -0.2) is 27.3 Å². The van der Waals surface area contributed by atoms with E-state index in [1.165, 1.54) is 0 Å². The minimum Gasteiger partial charge on any atom is -0.454 e. The summed E-state index contributed by atoms with van der Waals surface area (Å²) in [4.78, 5) is 16.3. The van der Waals surface area contributed by atoms with Crippen LogP contribution in [0, 0.1) is 5.92 Å². The first-order valence-corrected chi connectivity index (χ1v) is 7.84. The third kappa shape index (κ3) is 2.17. The van der Waals surface area contributed by atoms with Crippen molar-refractivity contribution in [2.75, 3.05) is 12.1 Å². The van der Waals surface area contributed by atoms with Gasteiger partial charge in [0, 0.05) is 11.5 Å². The van der Waals surface area contributed by atoms with E-state index in [1.54, 1.807) is 4.52 Å². The highest BCUT2D eigenvalue weighted by atomic mass is 16.7. The van der Waals surface area contributed by atoms with E-state index in [0.29, 0.717) is 17.3 Å². The first-order valence-electron chi connectivity index (χ1n) is 7.84. The van der Waals surface area contributed by atoms with Crippen LogP contribution in [0.5, 0.6) is 11.5 Å². The van der Waals surface area contributed by atoms with E-state index in [9.17, 15) is 4.79 Å². The highest BCUT2D eigenvalue weighted by Crippen LogP contribution is 2.36. The Morgan fingerprint density at radius 2 is 2.04 bits per heavy atom. The molecule has 0 saturated heterocycles. The minimum atomic E-state index is -0.00413. The zero-order valence-electron chi connectivity index (χ0n) is 12.7. The Morgan fingerprint density at radius 1 is 1.17 bits per heavy atom. The number of rotatable bonds is 3. The molecular formula is C17H14N4O3. The van der Waals surface area contributed by atoms with E-state index in [4.69, 9.17) is 9.47 Å². The molecule has 7 heteroatoms. The molecule has 1 aliphatic carbocycles. The van der Waals surface area contributed by atoms with Crippen LogP contribution in [0.3, 0.4) is 0 Å². The van der Waals surface area contributed by atoms with Gasteiger partial charge in [0.05, 0.1) is 5.69 Å². The number of carbonyl (C=O) groups excluding carboxylic acids is 1. The van der Waals surface area contributed by atoms with E-state index in [0.717, 1.165) is 29.8 Å². The molecule has 7 nitrogen and oxygen atoms in total. The van der Waals surface area contributed by atoms with Crippen LogP contribution in [0.2, 0.25) is 0 Å². The molecular weight excluding hydrogens is 308 g/mol. The quantitative estimate of drug-likeness (QED) is 0.801. The molecule has 1 saturated carbocycles. The Hall–Kier alpha value is -3.09. The van der Waals surface area contributed by atoms with Gasteiger partial charge in [0.15, 0.2) is 17.1 Å². The smallest absolute Gasteiger partial charge is 0.249 e. The Balaban J connectivity index is 1.55. The van der Waals surface area contributed by atoms with Gasteiger partial charge in [0.1, 0.15) is 0 Å². The summed E-state index contributed by atoms with van der Waals surface area (Å²) in [5, 5.41) is 7.22. The van der Waals surface area contributed by atoms with Crippen molar-refractivity contribution in [1.82, 2.24) is 14.6 Å². The maximum Gasteiger partial charge on any atom is 0.249 e. The summed E-state index contributed by atoms with van der Waals surface area (Å²) in [6, 6.07) is 11.5. The fourth-order valence-electron chi connectivity index (χ4n) is 2.79. The molecule has 0 atom stereocenters. The number of amides is 1. The summed E-state index contributed by atoms with van der Waals surface area (Å²) >= 11 is 0. The van der Waals surface area contributed by atoms with Gasteiger partial charge in [-0.2, -0.15) is 4.98 Å². The van der Waals surface area contributed by atoms with Crippen molar-refractivity contribution in [2.45, 2.75) is 12.8 Å². The maximum absolute atomic E-state index is 11.9. The lowest BCUT2D eigenvalue weighted by molar-refractivity contribution is -0.117. The van der Waals surface area contributed by atoms with Crippen LogP contribution in [0.1, 0.15) is 12.8 Å². The monoisotopic (exact) mass is 322 g/mol. The molecule has 2 aromatic heterocycles. The average molecular weight is 322 g/mol. The lowest BCUT2D eigenvalue weighted by Crippen LogP contribution is -2.14. The molecule has 1 aliphatic heterocycles. The van der Waals surface area contributed by atoms with Crippen LogP contribution in [0.4, 0.5) is 5.95 Å². The lowest BCUT2D eigenvalue weighted by Gasteiger charge is -2.05. The molecule has 0 bridgehead atoms. The second kappa shape index (κ2) is 4.95. The lowest BCUT2D eigenvalue weighted by atomic mass is 10.1. The predicted octanol–water partition coefficient (Wildman–Crippen LogP) is 2.47. The number of anilines is 1. The van der Waals surface area contributed by atoms with Crippen molar-refractivity contribution in [1.29, 1.82) is 0 Å². The van der Waals surface area contributed by atoms with Crippen LogP contribution in [0.25, 0.3) is 16.9 Å². The number of ether oxygens (including phenoxy) is 2. The summed E-state index contributed by atoms with van der Waals surface area (Å²) in [6.45, 7) is 0.240. The SMILES string of the molecule is O=C(Nc1nc2cccc(-c3ccc4c(c3)OCO4)n2n1)C1CC1.